The largest absolute Gasteiger partial charge is 0.493 e. The molecule has 0 bridgehead atoms. The van der Waals surface area contributed by atoms with Gasteiger partial charge in [-0.15, -0.1) is 0 Å². The Morgan fingerprint density at radius 3 is 0.387 bits per heavy atom. The first-order valence-corrected chi connectivity index (χ1v) is 56.2. The Bertz CT molecular complexity index is 4870. The smallest absolute Gasteiger partial charge is 0.343 e. The first-order valence-electron chi connectivity index (χ1n) is 56.2. The van der Waals surface area contributed by atoms with Crippen LogP contribution in [0.15, 0.2) is 146 Å². The lowest BCUT2D eigenvalue weighted by atomic mass is 9.93. The zero-order valence-corrected chi connectivity index (χ0v) is 91.8. The Hall–Kier alpha value is -12.6. The minimum Gasteiger partial charge on any atom is -0.493 e. The number of unbranched alkanes of at least 4 members (excludes halogenated alkanes) is 42. The molecular weight excluding hydrogens is 1900 g/mol. The van der Waals surface area contributed by atoms with Gasteiger partial charge in [-0.25, -0.2) is 28.8 Å². The summed E-state index contributed by atoms with van der Waals surface area (Å²) in [4.78, 5) is 92.9. The maximum atomic E-state index is 15.5. The summed E-state index contributed by atoms with van der Waals surface area (Å²) in [5.41, 5.74) is 0.0956. The maximum absolute atomic E-state index is 15.5. The van der Waals surface area contributed by atoms with Gasteiger partial charge in [0.2, 0.25) is 0 Å². The van der Waals surface area contributed by atoms with E-state index in [1.54, 1.807) is 72.8 Å². The monoisotopic (exact) mass is 2070 g/mol. The molecule has 0 aliphatic rings. The van der Waals surface area contributed by atoms with Crippen molar-refractivity contribution >= 4 is 68.1 Å². The molecule has 0 N–H and O–H groups in total. The molecule has 0 unspecified atom stereocenters. The van der Waals surface area contributed by atoms with Crippen LogP contribution in [0.25, 0.3) is 32.3 Å². The van der Waals surface area contributed by atoms with Crippen LogP contribution in [0.5, 0.6) is 103 Å². The Balaban J connectivity index is 1.18. The van der Waals surface area contributed by atoms with Crippen LogP contribution in [0.1, 0.15) is 412 Å². The van der Waals surface area contributed by atoms with Gasteiger partial charge in [0.1, 0.15) is 0 Å². The van der Waals surface area contributed by atoms with Gasteiger partial charge in [0.05, 0.1) is 116 Å². The highest BCUT2D eigenvalue weighted by molar-refractivity contribution is 6.27. The van der Waals surface area contributed by atoms with Gasteiger partial charge in [-0.05, 0) is 216 Å². The quantitative estimate of drug-likeness (QED) is 0.0148. The van der Waals surface area contributed by atoms with Gasteiger partial charge >= 0.3 is 35.8 Å². The number of hydrogen-bond donors (Lipinski definition) is 0. The summed E-state index contributed by atoms with van der Waals surface area (Å²) in [6.45, 7) is 15.7. The molecule has 0 fully saturated rings. The number of rotatable bonds is 78. The molecule has 10 aromatic rings. The summed E-state index contributed by atoms with van der Waals surface area (Å²) in [6, 6.07) is 37.0. The zero-order valence-electron chi connectivity index (χ0n) is 91.8. The molecule has 0 aliphatic heterocycles. The van der Waals surface area contributed by atoms with Gasteiger partial charge in [0, 0.05) is 0 Å². The minimum atomic E-state index is -0.924. The van der Waals surface area contributed by atoms with Crippen molar-refractivity contribution in [1.82, 2.24) is 0 Å². The molecule has 0 spiro atoms. The maximum Gasteiger partial charge on any atom is 0.343 e. The van der Waals surface area contributed by atoms with E-state index in [4.69, 9.17) is 85.3 Å². The van der Waals surface area contributed by atoms with Crippen molar-refractivity contribution in [3.63, 3.8) is 0 Å². The summed E-state index contributed by atoms with van der Waals surface area (Å²) in [7, 11) is 8.86. The van der Waals surface area contributed by atoms with Crippen LogP contribution in [-0.2, 0) is 0 Å². The highest BCUT2D eigenvalue weighted by atomic mass is 16.6. The van der Waals surface area contributed by atoms with E-state index in [9.17, 15) is 0 Å². The fourth-order valence-corrected chi connectivity index (χ4v) is 18.4. The second-order valence-corrected chi connectivity index (χ2v) is 39.0. The Kier molecular flexibility index (Phi) is 54.3. The average molecular weight is 2070 g/mol. The van der Waals surface area contributed by atoms with Crippen molar-refractivity contribution in [3.05, 3.63) is 179 Å². The molecule has 150 heavy (non-hydrogen) atoms. The van der Waals surface area contributed by atoms with Crippen LogP contribution in [-0.4, -0.2) is 118 Å². The Morgan fingerprint density at radius 2 is 0.267 bits per heavy atom. The third-order valence-electron chi connectivity index (χ3n) is 27.3. The van der Waals surface area contributed by atoms with E-state index in [1.165, 1.54) is 270 Å². The lowest BCUT2D eigenvalue weighted by Crippen LogP contribution is -2.14. The molecule has 10 aromatic carbocycles. The van der Waals surface area contributed by atoms with E-state index < -0.39 is 35.8 Å². The minimum absolute atomic E-state index is 0.0159. The van der Waals surface area contributed by atoms with Crippen molar-refractivity contribution in [2.24, 2.45) is 0 Å². The standard InChI is InChI=1S/C126H168O24/c1-13-19-25-31-37-43-49-55-73-139-103-67-61-91(79-109(103)133-7)121(127)145-115-85-97-98(86-116(115)146-122(128)92-62-68-104(110(80-92)134-8)140-74-56-50-44-38-32-26-20-14-2)100-88-118(148-124(130)94-64-70-106(112(82-94)136-10)142-76-58-52-46-40-34-28-22-16-4)120(150-126(132)96-66-72-108(114(84-96)138-12)144-78-60-54-48-42-36-30-24-18-6)90-102(100)101-89-119(149-125(131)95-65-71-107(113(83-95)137-11)143-77-59-53-47-41-35-29-23-17-5)117(87-99(97)101)147-123(129)93-63-69-105(111(81-93)135-9)141-75-57-51-45-39-33-27-21-15-3/h61-72,79-90H,13-60,73-78H2,1-12H3. The van der Waals surface area contributed by atoms with Gasteiger partial charge in [0.25, 0.3) is 0 Å². The second-order valence-electron chi connectivity index (χ2n) is 39.0. The highest BCUT2D eigenvalue weighted by Crippen LogP contribution is 2.50. The molecule has 0 saturated heterocycles. The van der Waals surface area contributed by atoms with Gasteiger partial charge in [0.15, 0.2) is 103 Å². The van der Waals surface area contributed by atoms with E-state index in [2.05, 4.69) is 41.5 Å². The number of carbonyl (C=O) groups is 6. The molecule has 0 amide bonds. The highest BCUT2D eigenvalue weighted by Gasteiger charge is 2.30. The van der Waals surface area contributed by atoms with Crippen LogP contribution in [0.2, 0.25) is 0 Å². The molecule has 0 aromatic heterocycles. The molecule has 24 heteroatoms. The first kappa shape index (κ1) is 119. The predicted molar refractivity (Wildman–Crippen MR) is 595 cm³/mol. The van der Waals surface area contributed by atoms with E-state index in [0.29, 0.717) is 74.1 Å². The summed E-state index contributed by atoms with van der Waals surface area (Å²) in [5, 5.41) is 1.22. The third-order valence-corrected chi connectivity index (χ3v) is 27.3. The summed E-state index contributed by atoms with van der Waals surface area (Å²) in [5.74, 6) is -3.52. The summed E-state index contributed by atoms with van der Waals surface area (Å²) in [6.07, 6.45) is 52.8. The van der Waals surface area contributed by atoms with Crippen LogP contribution < -0.4 is 85.3 Å². The molecule has 0 atom stereocenters. The van der Waals surface area contributed by atoms with Crippen molar-refractivity contribution in [3.8, 4) is 103 Å². The van der Waals surface area contributed by atoms with Gasteiger partial charge in [-0.3, -0.25) is 0 Å². The van der Waals surface area contributed by atoms with Crippen LogP contribution in [0, 0.1) is 0 Å². The van der Waals surface area contributed by atoms with Crippen molar-refractivity contribution in [2.45, 2.75) is 350 Å². The number of fused-ring (bicyclic) bond motifs is 6. The van der Waals surface area contributed by atoms with Crippen LogP contribution in [0.4, 0.5) is 0 Å². The zero-order chi connectivity index (χ0) is 107. The van der Waals surface area contributed by atoms with Gasteiger partial charge in [-0.2, -0.15) is 0 Å². The van der Waals surface area contributed by atoms with Crippen molar-refractivity contribution in [2.75, 3.05) is 82.3 Å². The Labute approximate surface area is 891 Å². The summed E-state index contributed by atoms with van der Waals surface area (Å²) < 4.78 is 113. The van der Waals surface area contributed by atoms with Gasteiger partial charge in [-0.1, -0.05) is 311 Å². The topological polar surface area (TPSA) is 269 Å². The molecule has 0 radical (unpaired) electrons. The second kappa shape index (κ2) is 68.3. The molecular formula is C126H168O24. The number of carbonyl (C=O) groups excluding carboxylic acids is 6. The molecule has 0 heterocycles. The number of ether oxygens (including phenoxy) is 18. The number of methoxy groups -OCH3 is 6. The van der Waals surface area contributed by atoms with Crippen LogP contribution in [0.3, 0.4) is 0 Å². The molecule has 0 aliphatic carbocycles. The van der Waals surface area contributed by atoms with Gasteiger partial charge < -0.3 is 85.3 Å². The number of esters is 6. The molecule has 10 rings (SSSR count). The van der Waals surface area contributed by atoms with E-state index in [1.807, 2.05) is 0 Å². The average Bonchev–Trinajstić information content (AvgIpc) is 0.719. The van der Waals surface area contributed by atoms with Crippen molar-refractivity contribution in [1.29, 1.82) is 0 Å². The van der Waals surface area contributed by atoms with E-state index in [0.717, 1.165) is 154 Å². The molecule has 0 saturated carbocycles. The first-order chi connectivity index (χ1) is 73.4. The Morgan fingerprint density at radius 1 is 0.147 bits per heavy atom. The summed E-state index contributed by atoms with van der Waals surface area (Å²) >= 11 is 0. The predicted octanol–water partition coefficient (Wildman–Crippen LogP) is 33.6. The lowest BCUT2D eigenvalue weighted by molar-refractivity contribution is 0.0682. The lowest BCUT2D eigenvalue weighted by Gasteiger charge is -2.20. The molecule has 24 nitrogen and oxygen atoms in total. The number of benzene rings is 10. The molecule has 816 valence electrons. The SMILES string of the molecule is CCCCCCCCCCOc1ccc(C(=O)Oc2cc3c4cc(OC(=O)c5ccc(OCCCCCCCCCC)c(OC)c5)c(OC(=O)c5ccc(OCCCCCCCCCC)c(OC)c5)cc4c4cc(OC(=O)c5ccc(OCCCCCCCCCC)c(OC)c5)c(OC(=O)c5ccc(OCCCCCCCCCC)c(OC)c5)cc4c3cc2OC(=O)c2ccc(OCCCCCCCCCC)c(OC)c2)cc1OC. The number of hydrogen-bond acceptors (Lipinski definition) is 24. The third kappa shape index (κ3) is 38.7. The van der Waals surface area contributed by atoms with E-state index >= 15 is 28.8 Å². The van der Waals surface area contributed by atoms with E-state index in [-0.39, 0.29) is 135 Å². The normalized spacial score (nSPS) is 11.2. The fourth-order valence-electron chi connectivity index (χ4n) is 18.4. The van der Waals surface area contributed by atoms with Crippen LogP contribution >= 0.6 is 0 Å². The van der Waals surface area contributed by atoms with Crippen molar-refractivity contribution < 1.29 is 114 Å². The fraction of sp³-hybridized carbons (Fsp3) is 0.524.